The second-order valence-electron chi connectivity index (χ2n) is 6.36. The van der Waals surface area contributed by atoms with Gasteiger partial charge in [0.15, 0.2) is 22.6 Å². The minimum absolute atomic E-state index is 0.306. The largest absolute Gasteiger partial charge is 0.497 e. The van der Waals surface area contributed by atoms with Gasteiger partial charge < -0.3 is 4.74 Å². The van der Waals surface area contributed by atoms with Gasteiger partial charge in [0, 0.05) is 5.75 Å². The van der Waals surface area contributed by atoms with Crippen molar-refractivity contribution in [1.29, 1.82) is 0 Å². The van der Waals surface area contributed by atoms with Gasteiger partial charge in [-0.25, -0.2) is 13.2 Å². The molecule has 0 aliphatic heterocycles. The Morgan fingerprint density at radius 3 is 2.33 bits per heavy atom. The molecule has 3 aromatic carbocycles. The maximum absolute atomic E-state index is 14.4. The summed E-state index contributed by atoms with van der Waals surface area (Å²) in [6, 6.07) is 17.2. The average molecular weight is 427 g/mol. The normalized spacial score (nSPS) is 10.9. The first-order valence-electron chi connectivity index (χ1n) is 8.98. The lowest BCUT2D eigenvalue weighted by atomic mass is 10.2. The van der Waals surface area contributed by atoms with Gasteiger partial charge in [-0.15, -0.1) is 10.2 Å². The van der Waals surface area contributed by atoms with Crippen LogP contribution in [0.15, 0.2) is 71.9 Å². The highest BCUT2D eigenvalue weighted by Gasteiger charge is 2.19. The van der Waals surface area contributed by atoms with Crippen molar-refractivity contribution in [3.8, 4) is 22.8 Å². The summed E-state index contributed by atoms with van der Waals surface area (Å²) in [5, 5.41) is 8.90. The molecule has 1 heterocycles. The first-order chi connectivity index (χ1) is 14.6. The van der Waals surface area contributed by atoms with Crippen LogP contribution in [0.5, 0.6) is 5.75 Å². The standard InChI is InChI=1S/C22H16F3N3OS/c1-29-16-9-7-15(8-10-16)28-21(17-4-2-3-5-18(17)23)26-27-22(28)30-13-14-6-11-19(24)20(25)12-14/h2-12H,13H2,1H3. The molecule has 0 aliphatic carbocycles. The zero-order valence-corrected chi connectivity index (χ0v) is 16.7. The highest BCUT2D eigenvalue weighted by Crippen LogP contribution is 2.31. The molecule has 0 amide bonds. The molecule has 0 radical (unpaired) electrons. The predicted molar refractivity (Wildman–Crippen MR) is 109 cm³/mol. The van der Waals surface area contributed by atoms with Gasteiger partial charge >= 0.3 is 0 Å². The van der Waals surface area contributed by atoms with Crippen LogP contribution in [0.25, 0.3) is 17.1 Å². The molecule has 0 N–H and O–H groups in total. The summed E-state index contributed by atoms with van der Waals surface area (Å²) in [7, 11) is 1.57. The molecule has 4 aromatic rings. The van der Waals surface area contributed by atoms with E-state index in [9.17, 15) is 13.2 Å². The predicted octanol–water partition coefficient (Wildman–Crippen LogP) is 5.65. The SMILES string of the molecule is COc1ccc(-n2c(SCc3ccc(F)c(F)c3)nnc2-c2ccccc2F)cc1. The Kier molecular flexibility index (Phi) is 5.76. The Hall–Kier alpha value is -3.26. The highest BCUT2D eigenvalue weighted by molar-refractivity contribution is 7.98. The van der Waals surface area contributed by atoms with Crippen molar-refractivity contribution in [2.24, 2.45) is 0 Å². The Balaban J connectivity index is 1.74. The molecule has 0 aliphatic rings. The zero-order valence-electron chi connectivity index (χ0n) is 15.8. The van der Waals surface area contributed by atoms with Crippen LogP contribution < -0.4 is 4.74 Å². The van der Waals surface area contributed by atoms with Gasteiger partial charge in [-0.1, -0.05) is 30.0 Å². The van der Waals surface area contributed by atoms with E-state index in [2.05, 4.69) is 10.2 Å². The van der Waals surface area contributed by atoms with E-state index in [0.29, 0.717) is 39.3 Å². The average Bonchev–Trinajstić information content (AvgIpc) is 3.18. The molecule has 4 rings (SSSR count). The van der Waals surface area contributed by atoms with E-state index in [0.717, 1.165) is 12.1 Å². The van der Waals surface area contributed by atoms with Gasteiger partial charge in [-0.05, 0) is 54.1 Å². The lowest BCUT2D eigenvalue weighted by molar-refractivity contribution is 0.414. The summed E-state index contributed by atoms with van der Waals surface area (Å²) in [6.07, 6.45) is 0. The third kappa shape index (κ3) is 4.04. The van der Waals surface area contributed by atoms with Gasteiger partial charge in [0.25, 0.3) is 0 Å². The Morgan fingerprint density at radius 1 is 0.867 bits per heavy atom. The number of benzene rings is 3. The van der Waals surface area contributed by atoms with Gasteiger partial charge in [0.1, 0.15) is 11.6 Å². The van der Waals surface area contributed by atoms with Crippen LogP contribution in [-0.2, 0) is 5.75 Å². The van der Waals surface area contributed by atoms with E-state index >= 15 is 0 Å². The van der Waals surface area contributed by atoms with Crippen molar-refractivity contribution in [3.63, 3.8) is 0 Å². The number of methoxy groups -OCH3 is 1. The summed E-state index contributed by atoms with van der Waals surface area (Å²) in [6.45, 7) is 0. The summed E-state index contributed by atoms with van der Waals surface area (Å²) < 4.78 is 48.1. The molecule has 0 unspecified atom stereocenters. The number of nitrogens with zero attached hydrogens (tertiary/aromatic N) is 3. The summed E-state index contributed by atoms with van der Waals surface area (Å²) >= 11 is 1.29. The van der Waals surface area contributed by atoms with E-state index < -0.39 is 17.5 Å². The number of halogens is 3. The second-order valence-corrected chi connectivity index (χ2v) is 7.30. The lowest BCUT2D eigenvalue weighted by Crippen LogP contribution is -2.01. The summed E-state index contributed by atoms with van der Waals surface area (Å²) in [5.74, 6) is -0.871. The van der Waals surface area contributed by atoms with Crippen LogP contribution in [0, 0.1) is 17.5 Å². The summed E-state index contributed by atoms with van der Waals surface area (Å²) in [4.78, 5) is 0. The van der Waals surface area contributed by atoms with E-state index in [1.807, 2.05) is 12.1 Å². The number of ether oxygens (including phenoxy) is 1. The minimum Gasteiger partial charge on any atom is -0.497 e. The third-order valence-corrected chi connectivity index (χ3v) is 5.43. The monoisotopic (exact) mass is 427 g/mol. The summed E-state index contributed by atoms with van der Waals surface area (Å²) in [5.41, 5.74) is 1.61. The van der Waals surface area contributed by atoms with Crippen molar-refractivity contribution in [1.82, 2.24) is 14.8 Å². The lowest BCUT2D eigenvalue weighted by Gasteiger charge is -2.11. The van der Waals surface area contributed by atoms with Crippen molar-refractivity contribution in [2.45, 2.75) is 10.9 Å². The van der Waals surface area contributed by atoms with Crippen molar-refractivity contribution >= 4 is 11.8 Å². The molecule has 152 valence electrons. The number of thioether (sulfide) groups is 1. The van der Waals surface area contributed by atoms with Crippen molar-refractivity contribution in [3.05, 3.63) is 89.7 Å². The molecular formula is C22H16F3N3OS. The number of hydrogen-bond acceptors (Lipinski definition) is 4. The van der Waals surface area contributed by atoms with E-state index in [1.165, 1.54) is 23.9 Å². The molecule has 0 saturated carbocycles. The Labute approximate surface area is 175 Å². The molecule has 30 heavy (non-hydrogen) atoms. The van der Waals surface area contributed by atoms with E-state index in [-0.39, 0.29) is 0 Å². The fourth-order valence-electron chi connectivity index (χ4n) is 2.92. The zero-order chi connectivity index (χ0) is 21.1. The Bertz CT molecular complexity index is 1180. The van der Waals surface area contributed by atoms with Gasteiger partial charge in [0.05, 0.1) is 18.4 Å². The first kappa shape index (κ1) is 20.0. The molecule has 8 heteroatoms. The second kappa shape index (κ2) is 8.62. The van der Waals surface area contributed by atoms with Gasteiger partial charge in [-0.3, -0.25) is 4.57 Å². The van der Waals surface area contributed by atoms with E-state index in [4.69, 9.17) is 4.74 Å². The number of aromatic nitrogens is 3. The fourth-order valence-corrected chi connectivity index (χ4v) is 3.82. The minimum atomic E-state index is -0.906. The molecule has 4 nitrogen and oxygen atoms in total. The van der Waals surface area contributed by atoms with Crippen LogP contribution in [0.1, 0.15) is 5.56 Å². The molecule has 0 saturated heterocycles. The molecule has 1 aromatic heterocycles. The third-order valence-electron chi connectivity index (χ3n) is 4.43. The van der Waals surface area contributed by atoms with Gasteiger partial charge in [0.2, 0.25) is 0 Å². The van der Waals surface area contributed by atoms with Crippen LogP contribution in [0.4, 0.5) is 13.2 Å². The van der Waals surface area contributed by atoms with Crippen LogP contribution >= 0.6 is 11.8 Å². The smallest absolute Gasteiger partial charge is 0.196 e. The highest BCUT2D eigenvalue weighted by atomic mass is 32.2. The quantitative estimate of drug-likeness (QED) is 0.373. The molecule has 0 bridgehead atoms. The molecular weight excluding hydrogens is 411 g/mol. The topological polar surface area (TPSA) is 39.9 Å². The molecule has 0 spiro atoms. The van der Waals surface area contributed by atoms with Crippen LogP contribution in [0.3, 0.4) is 0 Å². The maximum Gasteiger partial charge on any atom is 0.196 e. The van der Waals surface area contributed by atoms with Crippen LogP contribution in [0.2, 0.25) is 0 Å². The Morgan fingerprint density at radius 2 is 1.63 bits per heavy atom. The number of hydrogen-bond donors (Lipinski definition) is 0. The fraction of sp³-hybridized carbons (Fsp3) is 0.0909. The van der Waals surface area contributed by atoms with Crippen molar-refractivity contribution < 1.29 is 17.9 Å². The van der Waals surface area contributed by atoms with Crippen molar-refractivity contribution in [2.75, 3.05) is 7.11 Å². The van der Waals surface area contributed by atoms with Gasteiger partial charge in [-0.2, -0.15) is 0 Å². The molecule has 0 atom stereocenters. The maximum atomic E-state index is 14.4. The first-order valence-corrected chi connectivity index (χ1v) is 9.97. The van der Waals surface area contributed by atoms with E-state index in [1.54, 1.807) is 42.0 Å². The molecule has 0 fully saturated rings. The number of rotatable bonds is 6. The van der Waals surface area contributed by atoms with Crippen LogP contribution in [-0.4, -0.2) is 21.9 Å².